The van der Waals surface area contributed by atoms with Crippen LogP contribution in [0.1, 0.15) is 0 Å². The molecule has 0 saturated carbocycles. The van der Waals surface area contributed by atoms with Crippen molar-refractivity contribution in [1.82, 2.24) is 19.3 Å². The zero-order valence-electron chi connectivity index (χ0n) is 15.7. The lowest BCUT2D eigenvalue weighted by Crippen LogP contribution is -2.01. The van der Waals surface area contributed by atoms with Crippen molar-refractivity contribution >= 4 is 43.9 Å². The number of oxazole rings is 1. The molecule has 3 aromatic carbocycles. The van der Waals surface area contributed by atoms with Crippen molar-refractivity contribution < 1.29 is 8.94 Å². The molecule has 7 aromatic rings. The molecule has 0 unspecified atom stereocenters. The summed E-state index contributed by atoms with van der Waals surface area (Å²) in [5.74, 6) is 0.640. The second-order valence-electron chi connectivity index (χ2n) is 7.22. The number of benzene rings is 3. The summed E-state index contributed by atoms with van der Waals surface area (Å²) in [6.07, 6.45) is 1.66. The summed E-state index contributed by atoms with van der Waals surface area (Å²) in [4.78, 5) is 4.78. The maximum atomic E-state index is 6.19. The minimum atomic E-state index is 0.519. The van der Waals surface area contributed by atoms with Gasteiger partial charge < -0.3 is 8.94 Å². The number of para-hydroxylation sites is 4. The van der Waals surface area contributed by atoms with Crippen LogP contribution in [0.25, 0.3) is 55.8 Å². The summed E-state index contributed by atoms with van der Waals surface area (Å²) in [7, 11) is 0. The lowest BCUT2D eigenvalue weighted by molar-refractivity contribution is 0.409. The summed E-state index contributed by atoms with van der Waals surface area (Å²) in [5, 5.41) is 7.33. The Balaban J connectivity index is 1.75. The highest BCUT2D eigenvalue weighted by Crippen LogP contribution is 2.40. The van der Waals surface area contributed by atoms with Crippen LogP contribution < -0.4 is 0 Å². The Hall–Kier alpha value is -4.32. The largest absolute Gasteiger partial charge is 0.423 e. The van der Waals surface area contributed by atoms with Crippen molar-refractivity contribution in [3.8, 4) is 11.9 Å². The van der Waals surface area contributed by atoms with E-state index in [1.165, 1.54) is 0 Å². The predicted octanol–water partition coefficient (Wildman–Crippen LogP) is 5.86. The van der Waals surface area contributed by atoms with Crippen molar-refractivity contribution in [3.63, 3.8) is 0 Å². The molecule has 0 spiro atoms. The van der Waals surface area contributed by atoms with Gasteiger partial charge in [-0.25, -0.2) is 4.57 Å². The van der Waals surface area contributed by atoms with Crippen molar-refractivity contribution in [2.75, 3.05) is 0 Å². The summed E-state index contributed by atoms with van der Waals surface area (Å²) < 4.78 is 15.9. The molecule has 6 heteroatoms. The van der Waals surface area contributed by atoms with E-state index in [2.05, 4.69) is 50.7 Å². The Labute approximate surface area is 169 Å². The van der Waals surface area contributed by atoms with Gasteiger partial charge in [0.25, 0.3) is 0 Å². The van der Waals surface area contributed by atoms with Gasteiger partial charge in [-0.3, -0.25) is 4.57 Å². The first-order valence-corrected chi connectivity index (χ1v) is 9.70. The molecule has 0 aliphatic carbocycles. The zero-order chi connectivity index (χ0) is 19.7. The van der Waals surface area contributed by atoms with Crippen molar-refractivity contribution in [2.24, 2.45) is 0 Å². The lowest BCUT2D eigenvalue weighted by Gasteiger charge is -2.06. The Kier molecular flexibility index (Phi) is 2.91. The first kappa shape index (κ1) is 15.6. The second-order valence-corrected chi connectivity index (χ2v) is 7.22. The van der Waals surface area contributed by atoms with Crippen LogP contribution in [0.4, 0.5) is 0 Å². The number of rotatable bonds is 2. The van der Waals surface area contributed by atoms with Crippen LogP contribution in [0.2, 0.25) is 0 Å². The quantitative estimate of drug-likeness (QED) is 0.371. The number of aromatic nitrogens is 4. The molecule has 30 heavy (non-hydrogen) atoms. The molecular formula is C24H14N4O2. The average molecular weight is 390 g/mol. The number of fused-ring (bicyclic) bond motifs is 6. The standard InChI is InChI=1S/C24H14N4O2/c1-4-10-18-15(7-1)22-16-8-2-5-11-19(16)28(23(22)27(18)21-13-14-25-30-21)24-26-17-9-3-6-12-20(17)29-24/h1-14H. The molecule has 0 N–H and O–H groups in total. The molecule has 0 saturated heterocycles. The van der Waals surface area contributed by atoms with Crippen LogP contribution in [0.15, 0.2) is 94.0 Å². The van der Waals surface area contributed by atoms with E-state index in [4.69, 9.17) is 13.9 Å². The van der Waals surface area contributed by atoms with E-state index in [1.807, 2.05) is 42.5 Å². The molecule has 4 aromatic heterocycles. The third kappa shape index (κ3) is 1.92. The number of nitrogens with zero attached hydrogens (tertiary/aromatic N) is 4. The fourth-order valence-electron chi connectivity index (χ4n) is 4.39. The van der Waals surface area contributed by atoms with E-state index in [9.17, 15) is 0 Å². The SMILES string of the molecule is c1ccc2oc(-n3c4ccccc4c4c5ccccc5n(-c5ccno5)c43)nc2c1. The van der Waals surface area contributed by atoms with Crippen LogP contribution >= 0.6 is 0 Å². The lowest BCUT2D eigenvalue weighted by atomic mass is 10.1. The molecular weight excluding hydrogens is 376 g/mol. The molecule has 7 rings (SSSR count). The summed E-state index contributed by atoms with van der Waals surface area (Å²) in [6, 6.07) is 26.8. The molecule has 0 aliphatic heterocycles. The summed E-state index contributed by atoms with van der Waals surface area (Å²) >= 11 is 0. The van der Waals surface area contributed by atoms with Crippen molar-refractivity contribution in [2.45, 2.75) is 0 Å². The molecule has 6 nitrogen and oxygen atoms in total. The minimum Gasteiger partial charge on any atom is -0.423 e. The molecule has 0 atom stereocenters. The van der Waals surface area contributed by atoms with Gasteiger partial charge in [0, 0.05) is 22.2 Å². The molecule has 0 radical (unpaired) electrons. The fourth-order valence-corrected chi connectivity index (χ4v) is 4.39. The van der Waals surface area contributed by atoms with E-state index in [0.29, 0.717) is 11.9 Å². The minimum absolute atomic E-state index is 0.519. The van der Waals surface area contributed by atoms with Gasteiger partial charge in [-0.05, 0) is 24.3 Å². The third-order valence-corrected chi connectivity index (χ3v) is 5.59. The van der Waals surface area contributed by atoms with Crippen molar-refractivity contribution in [1.29, 1.82) is 0 Å². The first-order chi connectivity index (χ1) is 14.9. The Morgan fingerprint density at radius 1 is 0.700 bits per heavy atom. The van der Waals surface area contributed by atoms with Crippen LogP contribution in [0.3, 0.4) is 0 Å². The molecule has 0 aliphatic rings. The smallest absolute Gasteiger partial charge is 0.308 e. The average Bonchev–Trinajstić information content (AvgIpc) is 3.55. The zero-order valence-corrected chi connectivity index (χ0v) is 15.7. The highest BCUT2D eigenvalue weighted by atomic mass is 16.5. The van der Waals surface area contributed by atoms with Crippen LogP contribution in [-0.4, -0.2) is 19.3 Å². The Bertz CT molecular complexity index is 1670. The Morgan fingerprint density at radius 3 is 2.13 bits per heavy atom. The fraction of sp³-hybridized carbons (Fsp3) is 0. The van der Waals surface area contributed by atoms with E-state index < -0.39 is 0 Å². The normalized spacial score (nSPS) is 12.0. The molecule has 0 fully saturated rings. The molecule has 0 amide bonds. The number of hydrogen-bond donors (Lipinski definition) is 0. The second kappa shape index (κ2) is 5.61. The monoisotopic (exact) mass is 390 g/mol. The highest BCUT2D eigenvalue weighted by molar-refractivity contribution is 6.22. The van der Waals surface area contributed by atoms with Gasteiger partial charge in [-0.1, -0.05) is 53.7 Å². The molecule has 4 heterocycles. The maximum absolute atomic E-state index is 6.19. The van der Waals surface area contributed by atoms with Crippen LogP contribution in [0.5, 0.6) is 0 Å². The number of hydrogen-bond acceptors (Lipinski definition) is 4. The van der Waals surface area contributed by atoms with Gasteiger partial charge in [0.1, 0.15) is 11.2 Å². The molecule has 142 valence electrons. The van der Waals surface area contributed by atoms with Gasteiger partial charge in [0.05, 0.1) is 17.2 Å². The van der Waals surface area contributed by atoms with Crippen molar-refractivity contribution in [3.05, 3.63) is 85.1 Å². The third-order valence-electron chi connectivity index (χ3n) is 5.59. The highest BCUT2D eigenvalue weighted by Gasteiger charge is 2.24. The van der Waals surface area contributed by atoms with E-state index >= 15 is 0 Å². The topological polar surface area (TPSA) is 61.9 Å². The van der Waals surface area contributed by atoms with Gasteiger partial charge in [0.2, 0.25) is 5.88 Å². The van der Waals surface area contributed by atoms with Gasteiger partial charge >= 0.3 is 6.01 Å². The first-order valence-electron chi connectivity index (χ1n) is 9.70. The van der Waals surface area contributed by atoms with E-state index in [0.717, 1.165) is 43.9 Å². The Morgan fingerprint density at radius 2 is 1.40 bits per heavy atom. The van der Waals surface area contributed by atoms with E-state index in [-0.39, 0.29) is 0 Å². The van der Waals surface area contributed by atoms with E-state index in [1.54, 1.807) is 6.20 Å². The van der Waals surface area contributed by atoms with Gasteiger partial charge in [-0.2, -0.15) is 4.98 Å². The summed E-state index contributed by atoms with van der Waals surface area (Å²) in [6.45, 7) is 0. The van der Waals surface area contributed by atoms with Gasteiger partial charge in [-0.15, -0.1) is 0 Å². The van der Waals surface area contributed by atoms with Crippen LogP contribution in [-0.2, 0) is 0 Å². The molecule has 0 bridgehead atoms. The maximum Gasteiger partial charge on any atom is 0.308 e. The predicted molar refractivity (Wildman–Crippen MR) is 115 cm³/mol. The summed E-state index contributed by atoms with van der Waals surface area (Å²) in [5.41, 5.74) is 4.56. The van der Waals surface area contributed by atoms with Gasteiger partial charge in [0.15, 0.2) is 5.58 Å². The van der Waals surface area contributed by atoms with Crippen LogP contribution in [0, 0.1) is 0 Å².